The Kier molecular flexibility index (Phi) is 4.45. The second-order valence-corrected chi connectivity index (χ2v) is 6.47. The Hall–Kier alpha value is -0.120. The molecule has 1 aliphatic rings. The van der Waals surface area contributed by atoms with Crippen LogP contribution in [0.15, 0.2) is 39.3 Å². The third-order valence-electron chi connectivity index (χ3n) is 3.33. The zero-order valence-corrected chi connectivity index (χ0v) is 13.3. The van der Waals surface area contributed by atoms with Gasteiger partial charge in [-0.15, -0.1) is 0 Å². The SMILES string of the molecule is CN(C)C(c1ccccc1Br)[C@@H]1CCC=C1Br. The first-order chi connectivity index (χ1) is 8.11. The van der Waals surface area contributed by atoms with Gasteiger partial charge in [-0.05, 0) is 43.0 Å². The van der Waals surface area contributed by atoms with Crippen LogP contribution < -0.4 is 0 Å². The molecule has 0 N–H and O–H groups in total. The Morgan fingerprint density at radius 3 is 2.47 bits per heavy atom. The first-order valence-corrected chi connectivity index (χ1v) is 7.46. The van der Waals surface area contributed by atoms with Crippen molar-refractivity contribution < 1.29 is 0 Å². The number of halogens is 2. The first-order valence-electron chi connectivity index (χ1n) is 5.87. The summed E-state index contributed by atoms with van der Waals surface area (Å²) in [7, 11) is 4.31. The van der Waals surface area contributed by atoms with E-state index in [1.165, 1.54) is 27.4 Å². The fraction of sp³-hybridized carbons (Fsp3) is 0.429. The van der Waals surface area contributed by atoms with Crippen molar-refractivity contribution in [2.45, 2.75) is 18.9 Å². The Bertz CT molecular complexity index is 426. The van der Waals surface area contributed by atoms with Gasteiger partial charge in [0.2, 0.25) is 0 Å². The van der Waals surface area contributed by atoms with E-state index in [1.807, 2.05) is 0 Å². The number of hydrogen-bond acceptors (Lipinski definition) is 1. The number of hydrogen-bond donors (Lipinski definition) is 0. The lowest BCUT2D eigenvalue weighted by atomic mass is 9.91. The lowest BCUT2D eigenvalue weighted by molar-refractivity contribution is 0.237. The molecular weight excluding hydrogens is 342 g/mol. The number of allylic oxidation sites excluding steroid dienone is 1. The van der Waals surface area contributed by atoms with Crippen molar-refractivity contribution in [3.05, 3.63) is 44.9 Å². The minimum Gasteiger partial charge on any atom is -0.302 e. The van der Waals surface area contributed by atoms with Gasteiger partial charge in [-0.3, -0.25) is 0 Å². The van der Waals surface area contributed by atoms with E-state index < -0.39 is 0 Å². The highest BCUT2D eigenvalue weighted by atomic mass is 79.9. The lowest BCUT2D eigenvalue weighted by Crippen LogP contribution is -2.27. The molecule has 1 nitrogen and oxygen atoms in total. The van der Waals surface area contributed by atoms with Crippen LogP contribution in [-0.2, 0) is 0 Å². The molecule has 0 heterocycles. The van der Waals surface area contributed by atoms with Crippen LogP contribution >= 0.6 is 31.9 Å². The largest absolute Gasteiger partial charge is 0.302 e. The fourth-order valence-electron chi connectivity index (χ4n) is 2.57. The molecule has 1 aliphatic carbocycles. The van der Waals surface area contributed by atoms with Gasteiger partial charge in [0.1, 0.15) is 0 Å². The van der Waals surface area contributed by atoms with Gasteiger partial charge in [-0.1, -0.05) is 56.1 Å². The molecule has 0 radical (unpaired) electrons. The predicted octanol–water partition coefficient (Wildman–Crippen LogP) is 4.74. The Morgan fingerprint density at radius 1 is 1.24 bits per heavy atom. The van der Waals surface area contributed by atoms with Crippen LogP contribution in [0, 0.1) is 5.92 Å². The predicted molar refractivity (Wildman–Crippen MR) is 80.3 cm³/mol. The van der Waals surface area contributed by atoms with Crippen molar-refractivity contribution in [2.75, 3.05) is 14.1 Å². The van der Waals surface area contributed by atoms with Gasteiger partial charge in [0.25, 0.3) is 0 Å². The van der Waals surface area contributed by atoms with Crippen LogP contribution in [-0.4, -0.2) is 19.0 Å². The second-order valence-electron chi connectivity index (χ2n) is 4.70. The summed E-state index contributed by atoms with van der Waals surface area (Å²) in [6, 6.07) is 8.95. The molecule has 1 unspecified atom stereocenters. The number of rotatable bonds is 3. The standard InChI is InChI=1S/C14H17Br2N/c1-17(2)14(11-7-5-9-13(11)16)10-6-3-4-8-12(10)15/h3-4,6,8-9,11,14H,5,7H2,1-2H3/t11-,14?/m1/s1. The van der Waals surface area contributed by atoms with Crippen molar-refractivity contribution in [3.63, 3.8) is 0 Å². The van der Waals surface area contributed by atoms with E-state index in [0.29, 0.717) is 12.0 Å². The Morgan fingerprint density at radius 2 is 1.94 bits per heavy atom. The van der Waals surface area contributed by atoms with Gasteiger partial charge in [0.15, 0.2) is 0 Å². The molecule has 0 amide bonds. The maximum absolute atomic E-state index is 3.71. The minimum atomic E-state index is 0.429. The fourth-order valence-corrected chi connectivity index (χ4v) is 3.80. The first kappa shape index (κ1) is 13.3. The molecule has 0 bridgehead atoms. The maximum Gasteiger partial charge on any atom is 0.0426 e. The molecule has 1 aromatic rings. The molecule has 0 aromatic heterocycles. The zero-order valence-electron chi connectivity index (χ0n) is 10.2. The number of benzene rings is 1. The van der Waals surface area contributed by atoms with E-state index in [-0.39, 0.29) is 0 Å². The van der Waals surface area contributed by atoms with E-state index in [1.54, 1.807) is 0 Å². The van der Waals surface area contributed by atoms with E-state index in [2.05, 4.69) is 81.2 Å². The van der Waals surface area contributed by atoms with Crippen molar-refractivity contribution in [3.8, 4) is 0 Å². The van der Waals surface area contributed by atoms with Crippen LogP contribution in [0.4, 0.5) is 0 Å². The molecule has 1 aromatic carbocycles. The molecule has 17 heavy (non-hydrogen) atoms. The summed E-state index contributed by atoms with van der Waals surface area (Å²) < 4.78 is 2.55. The lowest BCUT2D eigenvalue weighted by Gasteiger charge is -2.31. The maximum atomic E-state index is 3.71. The second kappa shape index (κ2) is 5.68. The summed E-state index contributed by atoms with van der Waals surface area (Å²) in [6.07, 6.45) is 4.71. The average molecular weight is 359 g/mol. The summed E-state index contributed by atoms with van der Waals surface area (Å²) in [4.78, 5) is 2.31. The van der Waals surface area contributed by atoms with Crippen LogP contribution in [0.2, 0.25) is 0 Å². The number of nitrogens with zero attached hydrogens (tertiary/aromatic N) is 1. The smallest absolute Gasteiger partial charge is 0.0426 e. The van der Waals surface area contributed by atoms with Gasteiger partial charge >= 0.3 is 0 Å². The molecule has 0 saturated carbocycles. The van der Waals surface area contributed by atoms with Crippen molar-refractivity contribution in [1.29, 1.82) is 0 Å². The molecule has 0 fully saturated rings. The van der Waals surface area contributed by atoms with Gasteiger partial charge < -0.3 is 4.90 Å². The van der Waals surface area contributed by atoms with E-state index in [9.17, 15) is 0 Å². The molecular formula is C14H17Br2N. The summed E-state index contributed by atoms with van der Waals surface area (Å²) in [5, 5.41) is 0. The molecule has 0 spiro atoms. The van der Waals surface area contributed by atoms with Gasteiger partial charge in [-0.25, -0.2) is 0 Å². The van der Waals surface area contributed by atoms with Crippen molar-refractivity contribution in [2.24, 2.45) is 5.92 Å². The van der Waals surface area contributed by atoms with Gasteiger partial charge in [0, 0.05) is 16.4 Å². The molecule has 2 atom stereocenters. The van der Waals surface area contributed by atoms with E-state index in [4.69, 9.17) is 0 Å². The average Bonchev–Trinajstić information content (AvgIpc) is 2.68. The molecule has 92 valence electrons. The highest BCUT2D eigenvalue weighted by molar-refractivity contribution is 9.11. The highest BCUT2D eigenvalue weighted by Gasteiger charge is 2.30. The summed E-state index contributed by atoms with van der Waals surface area (Å²) in [5.74, 6) is 0.573. The molecule has 0 saturated heterocycles. The van der Waals surface area contributed by atoms with Crippen molar-refractivity contribution in [1.82, 2.24) is 4.90 Å². The third-order valence-corrected chi connectivity index (χ3v) is 4.97. The van der Waals surface area contributed by atoms with Crippen LogP contribution in [0.5, 0.6) is 0 Å². The van der Waals surface area contributed by atoms with E-state index in [0.717, 1.165) is 0 Å². The van der Waals surface area contributed by atoms with Gasteiger partial charge in [-0.2, -0.15) is 0 Å². The molecule has 2 rings (SSSR count). The zero-order chi connectivity index (χ0) is 12.4. The summed E-state index contributed by atoms with van der Waals surface area (Å²) in [6.45, 7) is 0. The van der Waals surface area contributed by atoms with Crippen LogP contribution in [0.25, 0.3) is 0 Å². The minimum absolute atomic E-state index is 0.429. The quantitative estimate of drug-likeness (QED) is 0.754. The molecule has 3 heteroatoms. The Labute approximate surface area is 120 Å². The normalized spacial score (nSPS) is 21.7. The summed E-state index contributed by atoms with van der Waals surface area (Å²) in [5.41, 5.74) is 1.37. The summed E-state index contributed by atoms with van der Waals surface area (Å²) >= 11 is 7.39. The van der Waals surface area contributed by atoms with Gasteiger partial charge in [0.05, 0.1) is 0 Å². The van der Waals surface area contributed by atoms with Crippen molar-refractivity contribution >= 4 is 31.9 Å². The topological polar surface area (TPSA) is 3.24 Å². The highest BCUT2D eigenvalue weighted by Crippen LogP contribution is 2.43. The Balaban J connectivity index is 2.36. The third kappa shape index (κ3) is 2.83. The monoisotopic (exact) mass is 357 g/mol. The van der Waals surface area contributed by atoms with Crippen LogP contribution in [0.1, 0.15) is 24.4 Å². The van der Waals surface area contributed by atoms with Crippen LogP contribution in [0.3, 0.4) is 0 Å². The molecule has 0 aliphatic heterocycles. The van der Waals surface area contributed by atoms with E-state index >= 15 is 0 Å².